The van der Waals surface area contributed by atoms with Crippen molar-refractivity contribution in [2.24, 2.45) is 0 Å². The number of rotatable bonds is 6. The molecule has 0 spiro atoms. The fourth-order valence-electron chi connectivity index (χ4n) is 1.58. The monoisotopic (exact) mass is 288 g/mol. The summed E-state index contributed by atoms with van der Waals surface area (Å²) in [6, 6.07) is 5.72. The van der Waals surface area contributed by atoms with Gasteiger partial charge in [-0.1, -0.05) is 15.9 Å². The first kappa shape index (κ1) is 13.4. The zero-order valence-corrected chi connectivity index (χ0v) is 10.7. The van der Waals surface area contributed by atoms with Crippen molar-refractivity contribution in [3.63, 3.8) is 0 Å². The minimum absolute atomic E-state index is 0.0868. The molecule has 0 radical (unpaired) electrons. The van der Waals surface area contributed by atoms with Crippen molar-refractivity contribution < 1.29 is 10.2 Å². The summed E-state index contributed by atoms with van der Waals surface area (Å²) in [7, 11) is 0. The predicted molar refractivity (Wildman–Crippen MR) is 68.0 cm³/mol. The molecule has 0 aromatic heterocycles. The summed E-state index contributed by atoms with van der Waals surface area (Å²) in [5.74, 6) is 0. The molecule has 4 nitrogen and oxygen atoms in total. The number of hydrogen-bond donors (Lipinski definition) is 3. The van der Waals surface area contributed by atoms with Crippen LogP contribution in [0.3, 0.4) is 0 Å². The molecule has 0 aliphatic heterocycles. The largest absolute Gasteiger partial charge is 0.399 e. The van der Waals surface area contributed by atoms with E-state index < -0.39 is 0 Å². The normalized spacial score (nSPS) is 11.0. The molecule has 0 amide bonds. The fraction of sp³-hybridized carbons (Fsp3) is 0.455. The van der Waals surface area contributed by atoms with Crippen molar-refractivity contribution in [1.82, 2.24) is 4.90 Å². The van der Waals surface area contributed by atoms with Gasteiger partial charge in [0, 0.05) is 29.8 Å². The van der Waals surface area contributed by atoms with Crippen LogP contribution in [0.15, 0.2) is 22.7 Å². The highest BCUT2D eigenvalue weighted by Gasteiger charge is 2.05. The number of aliphatic hydroxyl groups is 2. The molecule has 16 heavy (non-hydrogen) atoms. The van der Waals surface area contributed by atoms with Crippen molar-refractivity contribution in [1.29, 1.82) is 0 Å². The quantitative estimate of drug-likeness (QED) is 0.678. The highest BCUT2D eigenvalue weighted by atomic mass is 79.9. The van der Waals surface area contributed by atoms with Crippen LogP contribution in [-0.2, 0) is 6.54 Å². The maximum atomic E-state index is 8.89. The van der Waals surface area contributed by atoms with E-state index in [1.165, 1.54) is 0 Å². The maximum Gasteiger partial charge on any atom is 0.0558 e. The summed E-state index contributed by atoms with van der Waals surface area (Å²) in [5.41, 5.74) is 7.51. The highest BCUT2D eigenvalue weighted by Crippen LogP contribution is 2.18. The van der Waals surface area contributed by atoms with Crippen LogP contribution in [0.2, 0.25) is 0 Å². The van der Waals surface area contributed by atoms with Gasteiger partial charge in [0.25, 0.3) is 0 Å². The average Bonchev–Trinajstić information content (AvgIpc) is 2.16. The van der Waals surface area contributed by atoms with Gasteiger partial charge >= 0.3 is 0 Å². The molecule has 5 heteroatoms. The Bertz CT molecular complexity index is 308. The minimum atomic E-state index is 0.0868. The molecule has 1 aromatic carbocycles. The summed E-state index contributed by atoms with van der Waals surface area (Å²) in [6.07, 6.45) is 0. The first-order valence-electron chi connectivity index (χ1n) is 5.14. The highest BCUT2D eigenvalue weighted by molar-refractivity contribution is 9.10. The minimum Gasteiger partial charge on any atom is -0.399 e. The molecule has 0 bridgehead atoms. The second-order valence-electron chi connectivity index (χ2n) is 3.62. The summed E-state index contributed by atoms with van der Waals surface area (Å²) in [5, 5.41) is 17.8. The summed E-state index contributed by atoms with van der Waals surface area (Å²) in [4.78, 5) is 1.97. The van der Waals surface area contributed by atoms with Crippen LogP contribution in [0.4, 0.5) is 5.69 Å². The zero-order valence-electron chi connectivity index (χ0n) is 9.06. The number of aliphatic hydroxyl groups excluding tert-OH is 2. The molecular weight excluding hydrogens is 272 g/mol. The average molecular weight is 289 g/mol. The Morgan fingerprint density at radius 2 is 1.75 bits per heavy atom. The summed E-state index contributed by atoms with van der Waals surface area (Å²) in [6.45, 7) is 1.94. The van der Waals surface area contributed by atoms with Crippen LogP contribution in [0.5, 0.6) is 0 Å². The third kappa shape index (κ3) is 4.49. The Morgan fingerprint density at radius 1 is 1.12 bits per heavy atom. The summed E-state index contributed by atoms with van der Waals surface area (Å²) >= 11 is 3.38. The van der Waals surface area contributed by atoms with E-state index in [4.69, 9.17) is 15.9 Å². The topological polar surface area (TPSA) is 69.7 Å². The predicted octanol–water partition coefficient (Wildman–Crippen LogP) is 0.818. The molecule has 1 aromatic rings. The lowest BCUT2D eigenvalue weighted by Crippen LogP contribution is -2.29. The summed E-state index contributed by atoms with van der Waals surface area (Å²) < 4.78 is 0.940. The smallest absolute Gasteiger partial charge is 0.0558 e. The lowest BCUT2D eigenvalue weighted by Gasteiger charge is -2.20. The van der Waals surface area contributed by atoms with Gasteiger partial charge in [0.15, 0.2) is 0 Å². The SMILES string of the molecule is Nc1cc(Br)cc(CN(CCO)CCO)c1. The number of nitrogen functional groups attached to an aromatic ring is 1. The van der Waals surface area contributed by atoms with Gasteiger partial charge in [-0.05, 0) is 23.8 Å². The Morgan fingerprint density at radius 3 is 2.25 bits per heavy atom. The molecule has 0 aliphatic carbocycles. The van der Waals surface area contributed by atoms with Crippen molar-refractivity contribution in [2.75, 3.05) is 32.0 Å². The lowest BCUT2D eigenvalue weighted by molar-refractivity contribution is 0.156. The van der Waals surface area contributed by atoms with E-state index in [9.17, 15) is 0 Å². The van der Waals surface area contributed by atoms with E-state index in [1.807, 2.05) is 23.1 Å². The molecule has 0 heterocycles. The molecule has 0 unspecified atom stereocenters. The molecule has 0 aliphatic rings. The van der Waals surface area contributed by atoms with Crippen molar-refractivity contribution in [3.05, 3.63) is 28.2 Å². The Labute approximate surface area is 104 Å². The van der Waals surface area contributed by atoms with Crippen LogP contribution in [0.25, 0.3) is 0 Å². The van der Waals surface area contributed by atoms with E-state index in [2.05, 4.69) is 15.9 Å². The molecular formula is C11H17BrN2O2. The van der Waals surface area contributed by atoms with Gasteiger partial charge in [0.1, 0.15) is 0 Å². The number of anilines is 1. The van der Waals surface area contributed by atoms with Crippen LogP contribution in [-0.4, -0.2) is 41.4 Å². The standard InChI is InChI=1S/C11H17BrN2O2/c12-10-5-9(6-11(13)7-10)8-14(1-3-15)2-4-16/h5-7,15-16H,1-4,8,13H2. The fourth-order valence-corrected chi connectivity index (χ4v) is 2.14. The van der Waals surface area contributed by atoms with Crippen molar-refractivity contribution in [2.45, 2.75) is 6.54 Å². The van der Waals surface area contributed by atoms with E-state index >= 15 is 0 Å². The van der Waals surface area contributed by atoms with E-state index in [0.29, 0.717) is 25.3 Å². The second kappa shape index (κ2) is 6.85. The zero-order chi connectivity index (χ0) is 12.0. The molecule has 4 N–H and O–H groups in total. The molecule has 0 saturated carbocycles. The Balaban J connectivity index is 2.68. The number of nitrogens with two attached hydrogens (primary N) is 1. The first-order chi connectivity index (χ1) is 7.65. The van der Waals surface area contributed by atoms with Crippen LogP contribution < -0.4 is 5.73 Å². The van der Waals surface area contributed by atoms with Crippen LogP contribution in [0, 0.1) is 0 Å². The Kier molecular flexibility index (Phi) is 5.76. The maximum absolute atomic E-state index is 8.89. The third-order valence-electron chi connectivity index (χ3n) is 2.22. The van der Waals surface area contributed by atoms with Gasteiger partial charge in [-0.3, -0.25) is 4.90 Å². The first-order valence-corrected chi connectivity index (χ1v) is 5.94. The van der Waals surface area contributed by atoms with Gasteiger partial charge in [0.2, 0.25) is 0 Å². The van der Waals surface area contributed by atoms with Crippen molar-refractivity contribution in [3.8, 4) is 0 Å². The van der Waals surface area contributed by atoms with Gasteiger partial charge in [0.05, 0.1) is 13.2 Å². The van der Waals surface area contributed by atoms with Gasteiger partial charge in [-0.15, -0.1) is 0 Å². The lowest BCUT2D eigenvalue weighted by atomic mass is 10.2. The molecule has 0 fully saturated rings. The van der Waals surface area contributed by atoms with Gasteiger partial charge < -0.3 is 15.9 Å². The van der Waals surface area contributed by atoms with E-state index in [-0.39, 0.29) is 13.2 Å². The molecule has 1 rings (SSSR count). The molecule has 90 valence electrons. The number of nitrogens with zero attached hydrogens (tertiary/aromatic N) is 1. The Hall–Kier alpha value is -0.620. The van der Waals surface area contributed by atoms with Gasteiger partial charge in [-0.2, -0.15) is 0 Å². The van der Waals surface area contributed by atoms with Crippen LogP contribution in [0.1, 0.15) is 5.56 Å². The third-order valence-corrected chi connectivity index (χ3v) is 2.68. The van der Waals surface area contributed by atoms with E-state index in [0.717, 1.165) is 10.0 Å². The number of hydrogen-bond acceptors (Lipinski definition) is 4. The van der Waals surface area contributed by atoms with Crippen molar-refractivity contribution >= 4 is 21.6 Å². The van der Waals surface area contributed by atoms with E-state index in [1.54, 1.807) is 0 Å². The number of halogens is 1. The number of benzene rings is 1. The second-order valence-corrected chi connectivity index (χ2v) is 4.53. The van der Waals surface area contributed by atoms with Gasteiger partial charge in [-0.25, -0.2) is 0 Å². The van der Waals surface area contributed by atoms with Crippen LogP contribution >= 0.6 is 15.9 Å². The molecule has 0 saturated heterocycles. The molecule has 0 atom stereocenters.